The molecule has 0 saturated heterocycles. The number of carbonyl (C=O) groups excluding carboxylic acids is 2. The third-order valence-electron chi connectivity index (χ3n) is 1.82. The van der Waals surface area contributed by atoms with Crippen LogP contribution in [0, 0.1) is 0 Å². The zero-order chi connectivity index (χ0) is 11.7. The monoisotopic (exact) mass is 251 g/mol. The van der Waals surface area contributed by atoms with E-state index in [0.717, 1.165) is 18.6 Å². The predicted octanol–water partition coefficient (Wildman–Crippen LogP) is 1.83. The number of alkyl halides is 1. The van der Waals surface area contributed by atoms with E-state index in [0.29, 0.717) is 5.75 Å². The van der Waals surface area contributed by atoms with Crippen molar-refractivity contribution in [3.63, 3.8) is 0 Å². The van der Waals surface area contributed by atoms with Crippen LogP contribution < -0.4 is 5.32 Å². The van der Waals surface area contributed by atoms with E-state index in [4.69, 9.17) is 11.6 Å². The Bertz CT molecular complexity index is 212. The van der Waals surface area contributed by atoms with Gasteiger partial charge in [0.1, 0.15) is 0 Å². The molecule has 1 unspecified atom stereocenters. The summed E-state index contributed by atoms with van der Waals surface area (Å²) in [5, 5.41) is 2.61. The van der Waals surface area contributed by atoms with Gasteiger partial charge in [-0.3, -0.25) is 9.59 Å². The second-order valence-electron chi connectivity index (χ2n) is 3.28. The van der Waals surface area contributed by atoms with Crippen LogP contribution in [-0.4, -0.2) is 35.1 Å². The van der Waals surface area contributed by atoms with Gasteiger partial charge in [0.25, 0.3) is 0 Å². The number of hydrogen-bond donors (Lipinski definition) is 1. The molecule has 5 heteroatoms. The normalized spacial score (nSPS) is 12.2. The van der Waals surface area contributed by atoms with Crippen LogP contribution in [0.15, 0.2) is 0 Å². The van der Waals surface area contributed by atoms with E-state index in [-0.39, 0.29) is 17.6 Å². The average molecular weight is 252 g/mol. The van der Waals surface area contributed by atoms with Gasteiger partial charge < -0.3 is 5.32 Å². The van der Waals surface area contributed by atoms with Crippen molar-refractivity contribution in [1.82, 2.24) is 5.32 Å². The van der Waals surface area contributed by atoms with E-state index in [1.165, 1.54) is 6.92 Å². The van der Waals surface area contributed by atoms with Gasteiger partial charge in [-0.15, -0.1) is 11.6 Å². The van der Waals surface area contributed by atoms with Crippen LogP contribution in [0.1, 0.15) is 26.7 Å². The molecular weight excluding hydrogens is 234 g/mol. The molecule has 0 heterocycles. The summed E-state index contributed by atoms with van der Waals surface area (Å²) in [6.07, 6.45) is 2.27. The van der Waals surface area contributed by atoms with Crippen molar-refractivity contribution in [2.45, 2.75) is 32.7 Å². The van der Waals surface area contributed by atoms with Gasteiger partial charge in [-0.05, 0) is 12.2 Å². The Balaban J connectivity index is 3.90. The summed E-state index contributed by atoms with van der Waals surface area (Å²) < 4.78 is 0. The molecule has 1 N–H and O–H groups in total. The fraction of sp³-hybridized carbons (Fsp3) is 0.800. The lowest BCUT2D eigenvalue weighted by Crippen LogP contribution is -2.42. The topological polar surface area (TPSA) is 46.2 Å². The second-order valence-corrected chi connectivity index (χ2v) is 4.70. The van der Waals surface area contributed by atoms with E-state index in [1.807, 2.05) is 0 Å². The summed E-state index contributed by atoms with van der Waals surface area (Å²) in [7, 11) is 0. The van der Waals surface area contributed by atoms with Crippen LogP contribution in [0.4, 0.5) is 0 Å². The first-order valence-corrected chi connectivity index (χ1v) is 6.74. The molecule has 15 heavy (non-hydrogen) atoms. The molecule has 0 aliphatic rings. The number of unbranched alkanes of at least 4 members (excludes halogenated alkanes) is 1. The molecule has 0 fully saturated rings. The number of nitrogens with one attached hydrogen (secondary N) is 1. The van der Waals surface area contributed by atoms with E-state index in [1.54, 1.807) is 11.8 Å². The number of amides is 1. The Kier molecular flexibility index (Phi) is 8.91. The molecule has 1 atom stereocenters. The smallest absolute Gasteiger partial charge is 0.217 e. The largest absolute Gasteiger partial charge is 0.346 e. The fourth-order valence-corrected chi connectivity index (χ4v) is 2.35. The molecule has 0 radical (unpaired) electrons. The Morgan fingerprint density at radius 1 is 1.47 bits per heavy atom. The van der Waals surface area contributed by atoms with Crippen LogP contribution >= 0.6 is 23.4 Å². The predicted molar refractivity (Wildman–Crippen MR) is 65.6 cm³/mol. The zero-order valence-electron chi connectivity index (χ0n) is 9.22. The number of hydrogen-bond acceptors (Lipinski definition) is 3. The highest BCUT2D eigenvalue weighted by Crippen LogP contribution is 2.07. The molecule has 0 aliphatic carbocycles. The molecule has 0 aromatic rings. The maximum absolute atomic E-state index is 11.4. The van der Waals surface area contributed by atoms with Gasteiger partial charge in [0.15, 0.2) is 5.78 Å². The highest BCUT2D eigenvalue weighted by atomic mass is 35.5. The molecule has 0 aliphatic heterocycles. The summed E-state index contributed by atoms with van der Waals surface area (Å²) in [6.45, 7) is 3.53. The van der Waals surface area contributed by atoms with Gasteiger partial charge in [0.05, 0.1) is 11.9 Å². The van der Waals surface area contributed by atoms with E-state index in [2.05, 4.69) is 12.2 Å². The summed E-state index contributed by atoms with van der Waals surface area (Å²) >= 11 is 7.14. The Morgan fingerprint density at radius 2 is 2.13 bits per heavy atom. The van der Waals surface area contributed by atoms with Crippen LogP contribution in [-0.2, 0) is 9.59 Å². The third-order valence-corrected chi connectivity index (χ3v) is 3.23. The van der Waals surface area contributed by atoms with Gasteiger partial charge in [-0.1, -0.05) is 13.3 Å². The standard InChI is InChI=1S/C10H18ClNO2S/c1-3-4-5-15-7-9(10(14)6-11)12-8(2)13/h9H,3-7H2,1-2H3,(H,12,13). The summed E-state index contributed by atoms with van der Waals surface area (Å²) in [5.41, 5.74) is 0. The minimum absolute atomic E-state index is 0.0424. The second kappa shape index (κ2) is 9.04. The van der Waals surface area contributed by atoms with Crippen molar-refractivity contribution < 1.29 is 9.59 Å². The Labute approximate surface area is 100 Å². The quantitative estimate of drug-likeness (QED) is 0.529. The molecule has 0 rings (SSSR count). The summed E-state index contributed by atoms with van der Waals surface area (Å²) in [4.78, 5) is 22.2. The zero-order valence-corrected chi connectivity index (χ0v) is 10.8. The van der Waals surface area contributed by atoms with Crippen molar-refractivity contribution >= 4 is 35.1 Å². The number of rotatable bonds is 8. The molecule has 0 aromatic carbocycles. The lowest BCUT2D eigenvalue weighted by molar-refractivity contribution is -0.124. The van der Waals surface area contributed by atoms with Crippen LogP contribution in [0.5, 0.6) is 0 Å². The average Bonchev–Trinajstić information content (AvgIpc) is 2.21. The SMILES string of the molecule is CCCCSCC(NC(C)=O)C(=O)CCl. The summed E-state index contributed by atoms with van der Waals surface area (Å²) in [6, 6.07) is -0.429. The molecular formula is C10H18ClNO2S. The van der Waals surface area contributed by atoms with Gasteiger partial charge >= 0.3 is 0 Å². The van der Waals surface area contributed by atoms with Crippen molar-refractivity contribution in [3.05, 3.63) is 0 Å². The Morgan fingerprint density at radius 3 is 2.60 bits per heavy atom. The number of ketones is 1. The van der Waals surface area contributed by atoms with E-state index in [9.17, 15) is 9.59 Å². The first kappa shape index (κ1) is 14.8. The van der Waals surface area contributed by atoms with Gasteiger partial charge in [-0.25, -0.2) is 0 Å². The van der Waals surface area contributed by atoms with Crippen LogP contribution in [0.2, 0.25) is 0 Å². The van der Waals surface area contributed by atoms with Crippen molar-refractivity contribution in [3.8, 4) is 0 Å². The highest BCUT2D eigenvalue weighted by molar-refractivity contribution is 7.99. The van der Waals surface area contributed by atoms with Gasteiger partial charge in [-0.2, -0.15) is 11.8 Å². The maximum Gasteiger partial charge on any atom is 0.217 e. The molecule has 88 valence electrons. The number of Topliss-reactive ketones (excluding diaryl/α,β-unsaturated/α-hetero) is 1. The fourth-order valence-electron chi connectivity index (χ4n) is 1.00. The van der Waals surface area contributed by atoms with E-state index >= 15 is 0 Å². The van der Waals surface area contributed by atoms with Crippen molar-refractivity contribution in [1.29, 1.82) is 0 Å². The number of halogens is 1. The van der Waals surface area contributed by atoms with Crippen molar-refractivity contribution in [2.24, 2.45) is 0 Å². The third kappa shape index (κ3) is 7.68. The highest BCUT2D eigenvalue weighted by Gasteiger charge is 2.17. The molecule has 0 bridgehead atoms. The van der Waals surface area contributed by atoms with E-state index < -0.39 is 6.04 Å². The van der Waals surface area contributed by atoms with Crippen LogP contribution in [0.3, 0.4) is 0 Å². The lowest BCUT2D eigenvalue weighted by Gasteiger charge is -2.14. The summed E-state index contributed by atoms with van der Waals surface area (Å²) in [5.74, 6) is 1.29. The number of carbonyl (C=O) groups is 2. The Hall–Kier alpha value is -0.220. The molecule has 1 amide bonds. The first-order valence-electron chi connectivity index (χ1n) is 5.05. The molecule has 3 nitrogen and oxygen atoms in total. The molecule has 0 spiro atoms. The van der Waals surface area contributed by atoms with Crippen LogP contribution in [0.25, 0.3) is 0 Å². The van der Waals surface area contributed by atoms with Gasteiger partial charge in [0.2, 0.25) is 5.91 Å². The van der Waals surface area contributed by atoms with Gasteiger partial charge in [0, 0.05) is 12.7 Å². The van der Waals surface area contributed by atoms with Crippen molar-refractivity contribution in [2.75, 3.05) is 17.4 Å². The minimum Gasteiger partial charge on any atom is -0.346 e. The maximum atomic E-state index is 11.4. The first-order chi connectivity index (χ1) is 7.11. The number of thioether (sulfide) groups is 1. The molecule has 0 saturated carbocycles. The minimum atomic E-state index is -0.429. The lowest BCUT2D eigenvalue weighted by atomic mass is 10.2. The molecule has 0 aromatic heterocycles.